The maximum absolute atomic E-state index is 12.2. The van der Waals surface area contributed by atoms with E-state index in [-0.39, 0.29) is 5.56 Å². The molecule has 0 aliphatic rings. The van der Waals surface area contributed by atoms with Gasteiger partial charge in [0.05, 0.1) is 10.1 Å². The van der Waals surface area contributed by atoms with Gasteiger partial charge < -0.3 is 0 Å². The molecule has 0 saturated carbocycles. The number of rotatable bonds is 1. The van der Waals surface area contributed by atoms with Crippen molar-refractivity contribution < 1.29 is 0 Å². The first-order valence-electron chi connectivity index (χ1n) is 4.99. The van der Waals surface area contributed by atoms with E-state index in [9.17, 15) is 4.79 Å². The molecule has 1 aromatic carbocycles. The molecule has 0 bridgehead atoms. The van der Waals surface area contributed by atoms with Crippen molar-refractivity contribution in [2.75, 3.05) is 0 Å². The molecule has 0 saturated heterocycles. The van der Waals surface area contributed by atoms with E-state index >= 15 is 0 Å². The summed E-state index contributed by atoms with van der Waals surface area (Å²) in [6.07, 6.45) is 1.68. The zero-order chi connectivity index (χ0) is 11.8. The molecule has 5 heteroatoms. The Labute approximate surface area is 110 Å². The molecule has 0 aliphatic heterocycles. The van der Waals surface area contributed by atoms with E-state index in [1.54, 1.807) is 10.2 Å². The lowest BCUT2D eigenvalue weighted by atomic mass is 10.3. The largest absolute Gasteiger partial charge is 0.274 e. The third-order valence-electron chi connectivity index (χ3n) is 2.41. The van der Waals surface area contributed by atoms with Gasteiger partial charge in [-0.1, -0.05) is 28.1 Å². The normalized spacial score (nSPS) is 10.9. The van der Waals surface area contributed by atoms with Crippen LogP contribution in [0.5, 0.6) is 0 Å². The summed E-state index contributed by atoms with van der Waals surface area (Å²) in [6, 6.07) is 11.2. The van der Waals surface area contributed by atoms with Gasteiger partial charge in [0.2, 0.25) is 0 Å². The summed E-state index contributed by atoms with van der Waals surface area (Å²) in [5.74, 6) is 0.644. The van der Waals surface area contributed by atoms with Gasteiger partial charge in [0.25, 0.3) is 5.56 Å². The second kappa shape index (κ2) is 4.09. The van der Waals surface area contributed by atoms with E-state index < -0.39 is 0 Å². The standard InChI is InChI=1S/C12H7BrN2OS/c13-8-5-6-14-11(7-8)15-12(16)9-3-1-2-4-10(9)17-15/h1-7H. The summed E-state index contributed by atoms with van der Waals surface area (Å²) in [7, 11) is 0. The summed E-state index contributed by atoms with van der Waals surface area (Å²) >= 11 is 4.78. The fraction of sp³-hybridized carbons (Fsp3) is 0. The zero-order valence-electron chi connectivity index (χ0n) is 8.63. The Hall–Kier alpha value is -1.46. The van der Waals surface area contributed by atoms with Crippen LogP contribution in [0.15, 0.2) is 51.9 Å². The lowest BCUT2D eigenvalue weighted by Crippen LogP contribution is -2.11. The Morgan fingerprint density at radius 3 is 2.82 bits per heavy atom. The molecule has 0 fully saturated rings. The smallest absolute Gasteiger partial charge is 0.267 e. The van der Waals surface area contributed by atoms with Crippen molar-refractivity contribution in [3.63, 3.8) is 0 Å². The molecular formula is C12H7BrN2OS. The number of hydrogen-bond acceptors (Lipinski definition) is 3. The van der Waals surface area contributed by atoms with Gasteiger partial charge in [-0.15, -0.1) is 0 Å². The molecule has 3 rings (SSSR count). The number of halogens is 1. The molecule has 3 nitrogen and oxygen atoms in total. The Bertz CT molecular complexity index is 747. The zero-order valence-corrected chi connectivity index (χ0v) is 11.0. The quantitative estimate of drug-likeness (QED) is 0.692. The van der Waals surface area contributed by atoms with Crippen molar-refractivity contribution in [2.45, 2.75) is 0 Å². The van der Waals surface area contributed by atoms with E-state index in [2.05, 4.69) is 20.9 Å². The number of pyridine rings is 1. The van der Waals surface area contributed by atoms with Crippen LogP contribution in [0.4, 0.5) is 0 Å². The minimum Gasteiger partial charge on any atom is -0.267 e. The highest BCUT2D eigenvalue weighted by molar-refractivity contribution is 9.10. The van der Waals surface area contributed by atoms with Gasteiger partial charge in [0.15, 0.2) is 5.82 Å². The van der Waals surface area contributed by atoms with Crippen molar-refractivity contribution in [2.24, 2.45) is 0 Å². The second-order valence-electron chi connectivity index (χ2n) is 3.52. The number of hydrogen-bond donors (Lipinski definition) is 0. The topological polar surface area (TPSA) is 34.9 Å². The number of aromatic nitrogens is 2. The Balaban J connectivity index is 2.31. The monoisotopic (exact) mass is 306 g/mol. The van der Waals surface area contributed by atoms with Crippen molar-refractivity contribution >= 4 is 37.5 Å². The van der Waals surface area contributed by atoms with E-state index in [0.717, 1.165) is 14.6 Å². The SMILES string of the molecule is O=c1c2ccccc2sn1-c1cc(Br)ccn1. The van der Waals surface area contributed by atoms with Gasteiger partial charge in [0, 0.05) is 10.7 Å². The fourth-order valence-electron chi connectivity index (χ4n) is 1.63. The Morgan fingerprint density at radius 1 is 1.24 bits per heavy atom. The minimum absolute atomic E-state index is 0.0174. The molecule has 17 heavy (non-hydrogen) atoms. The predicted octanol–water partition coefficient (Wildman–Crippen LogP) is 3.21. The molecule has 0 atom stereocenters. The first kappa shape index (κ1) is 10.7. The third-order valence-corrected chi connectivity index (χ3v) is 3.99. The molecule has 0 radical (unpaired) electrons. The van der Waals surface area contributed by atoms with Crippen LogP contribution in [0.1, 0.15) is 0 Å². The fourth-order valence-corrected chi connectivity index (χ4v) is 2.91. The average Bonchev–Trinajstić information content (AvgIpc) is 2.68. The van der Waals surface area contributed by atoms with E-state index in [1.807, 2.05) is 36.4 Å². The van der Waals surface area contributed by atoms with Crippen LogP contribution >= 0.6 is 27.5 Å². The molecule has 0 N–H and O–H groups in total. The van der Waals surface area contributed by atoms with Crippen LogP contribution in [-0.4, -0.2) is 8.94 Å². The highest BCUT2D eigenvalue weighted by Gasteiger charge is 2.09. The highest BCUT2D eigenvalue weighted by Crippen LogP contribution is 2.20. The van der Waals surface area contributed by atoms with Gasteiger partial charge in [-0.3, -0.25) is 4.79 Å². The summed E-state index contributed by atoms with van der Waals surface area (Å²) in [5, 5.41) is 0.735. The van der Waals surface area contributed by atoms with Gasteiger partial charge >= 0.3 is 0 Å². The number of benzene rings is 1. The summed E-state index contributed by atoms with van der Waals surface area (Å²) in [6.45, 7) is 0. The van der Waals surface area contributed by atoms with Crippen LogP contribution in [0, 0.1) is 0 Å². The van der Waals surface area contributed by atoms with Crippen LogP contribution in [0.3, 0.4) is 0 Å². The second-order valence-corrected chi connectivity index (χ2v) is 5.42. The molecule has 2 aromatic heterocycles. The molecular weight excluding hydrogens is 300 g/mol. The maximum Gasteiger partial charge on any atom is 0.274 e. The predicted molar refractivity (Wildman–Crippen MR) is 72.9 cm³/mol. The minimum atomic E-state index is -0.0174. The van der Waals surface area contributed by atoms with Crippen molar-refractivity contribution in [3.8, 4) is 5.82 Å². The molecule has 2 heterocycles. The molecule has 0 aliphatic carbocycles. The average molecular weight is 307 g/mol. The highest BCUT2D eigenvalue weighted by atomic mass is 79.9. The van der Waals surface area contributed by atoms with Crippen LogP contribution in [-0.2, 0) is 0 Å². The number of fused-ring (bicyclic) bond motifs is 1. The van der Waals surface area contributed by atoms with Crippen molar-refractivity contribution in [1.29, 1.82) is 0 Å². The van der Waals surface area contributed by atoms with E-state index in [4.69, 9.17) is 0 Å². The maximum atomic E-state index is 12.2. The molecule has 0 spiro atoms. The first-order valence-corrected chi connectivity index (χ1v) is 6.55. The summed E-state index contributed by atoms with van der Waals surface area (Å²) in [4.78, 5) is 16.4. The van der Waals surface area contributed by atoms with Crippen LogP contribution in [0.2, 0.25) is 0 Å². The Kier molecular flexibility index (Phi) is 2.57. The first-order chi connectivity index (χ1) is 8.25. The molecule has 0 unspecified atom stereocenters. The summed E-state index contributed by atoms with van der Waals surface area (Å²) in [5.41, 5.74) is -0.0174. The van der Waals surface area contributed by atoms with Gasteiger partial charge in [-0.25, -0.2) is 8.94 Å². The van der Waals surface area contributed by atoms with Crippen molar-refractivity contribution in [1.82, 2.24) is 8.94 Å². The number of nitrogens with zero attached hydrogens (tertiary/aromatic N) is 2. The van der Waals surface area contributed by atoms with Gasteiger partial charge in [0.1, 0.15) is 0 Å². The Morgan fingerprint density at radius 2 is 2.06 bits per heavy atom. The van der Waals surface area contributed by atoms with Crippen molar-refractivity contribution in [3.05, 3.63) is 57.4 Å². The summed E-state index contributed by atoms with van der Waals surface area (Å²) < 4.78 is 3.49. The van der Waals surface area contributed by atoms with Gasteiger partial charge in [-0.2, -0.15) is 0 Å². The van der Waals surface area contributed by atoms with Crippen LogP contribution in [0.25, 0.3) is 15.9 Å². The lowest BCUT2D eigenvalue weighted by molar-refractivity contribution is 1.05. The van der Waals surface area contributed by atoms with Gasteiger partial charge in [-0.05, 0) is 35.8 Å². The van der Waals surface area contributed by atoms with E-state index in [1.165, 1.54) is 11.5 Å². The molecule has 3 aromatic rings. The molecule has 84 valence electrons. The van der Waals surface area contributed by atoms with Crippen LogP contribution < -0.4 is 5.56 Å². The lowest BCUT2D eigenvalue weighted by Gasteiger charge is -1.98. The van der Waals surface area contributed by atoms with E-state index in [0.29, 0.717) is 5.82 Å². The molecule has 0 amide bonds. The third kappa shape index (κ3) is 1.81.